The third-order valence-electron chi connectivity index (χ3n) is 2.38. The summed E-state index contributed by atoms with van der Waals surface area (Å²) in [5.41, 5.74) is 6.75. The normalized spacial score (nSPS) is 14.9. The molecule has 0 bridgehead atoms. The monoisotopic (exact) mass is 211 g/mol. The van der Waals surface area contributed by atoms with E-state index in [1.165, 1.54) is 12.1 Å². The number of nitrogens with two attached hydrogens (primary N) is 1. The maximum atomic E-state index is 13.0. The van der Waals surface area contributed by atoms with E-state index in [1.54, 1.807) is 6.07 Å². The average Bonchev–Trinajstić information content (AvgIpc) is 2.25. The van der Waals surface area contributed by atoms with Crippen molar-refractivity contribution in [3.63, 3.8) is 0 Å². The van der Waals surface area contributed by atoms with Crippen LogP contribution >= 0.6 is 0 Å². The third-order valence-corrected chi connectivity index (χ3v) is 2.38. The van der Waals surface area contributed by atoms with Gasteiger partial charge in [-0.3, -0.25) is 0 Å². The van der Waals surface area contributed by atoms with E-state index in [9.17, 15) is 4.39 Å². The number of rotatable bonds is 5. The lowest BCUT2D eigenvalue weighted by Crippen LogP contribution is -2.29. The van der Waals surface area contributed by atoms with Crippen LogP contribution in [0, 0.1) is 5.82 Å². The molecule has 0 aliphatic heterocycles. The van der Waals surface area contributed by atoms with E-state index >= 15 is 0 Å². The fourth-order valence-corrected chi connectivity index (χ4v) is 1.54. The van der Waals surface area contributed by atoms with Gasteiger partial charge in [0.2, 0.25) is 0 Å². The van der Waals surface area contributed by atoms with E-state index in [0.29, 0.717) is 6.61 Å². The van der Waals surface area contributed by atoms with Crippen molar-refractivity contribution in [2.24, 2.45) is 5.73 Å². The van der Waals surface area contributed by atoms with Gasteiger partial charge in [0.1, 0.15) is 5.82 Å². The second-order valence-corrected chi connectivity index (χ2v) is 3.50. The number of halogens is 1. The third kappa shape index (κ3) is 3.29. The van der Waals surface area contributed by atoms with Crippen LogP contribution in [0.15, 0.2) is 24.3 Å². The van der Waals surface area contributed by atoms with Gasteiger partial charge in [-0.05, 0) is 31.0 Å². The van der Waals surface area contributed by atoms with Gasteiger partial charge < -0.3 is 10.5 Å². The molecule has 2 unspecified atom stereocenters. The molecule has 0 saturated carbocycles. The summed E-state index contributed by atoms with van der Waals surface area (Å²) in [5, 5.41) is 0. The van der Waals surface area contributed by atoms with Crippen LogP contribution in [-0.4, -0.2) is 12.6 Å². The number of benzene rings is 1. The van der Waals surface area contributed by atoms with Crippen molar-refractivity contribution in [3.05, 3.63) is 35.6 Å². The van der Waals surface area contributed by atoms with Crippen molar-refractivity contribution in [2.45, 2.75) is 32.4 Å². The van der Waals surface area contributed by atoms with Crippen molar-refractivity contribution in [1.29, 1.82) is 0 Å². The first kappa shape index (κ1) is 12.1. The van der Waals surface area contributed by atoms with Gasteiger partial charge in [-0.15, -0.1) is 0 Å². The Morgan fingerprint density at radius 2 is 2.13 bits per heavy atom. The van der Waals surface area contributed by atoms with Crippen LogP contribution in [-0.2, 0) is 4.74 Å². The topological polar surface area (TPSA) is 35.2 Å². The van der Waals surface area contributed by atoms with E-state index in [1.807, 2.05) is 19.9 Å². The lowest BCUT2D eigenvalue weighted by Gasteiger charge is -2.23. The van der Waals surface area contributed by atoms with Gasteiger partial charge in [0.15, 0.2) is 0 Å². The van der Waals surface area contributed by atoms with Crippen molar-refractivity contribution >= 4 is 0 Å². The van der Waals surface area contributed by atoms with Crippen molar-refractivity contribution in [2.75, 3.05) is 6.61 Å². The first-order chi connectivity index (χ1) is 7.19. The minimum atomic E-state index is -0.250. The zero-order valence-electron chi connectivity index (χ0n) is 9.24. The highest BCUT2D eigenvalue weighted by Crippen LogP contribution is 2.22. The quantitative estimate of drug-likeness (QED) is 0.812. The minimum Gasteiger partial charge on any atom is -0.372 e. The van der Waals surface area contributed by atoms with Crippen LogP contribution in [0.5, 0.6) is 0 Å². The molecule has 0 aliphatic carbocycles. The largest absolute Gasteiger partial charge is 0.372 e. The van der Waals surface area contributed by atoms with Crippen LogP contribution in [0.1, 0.15) is 31.9 Å². The first-order valence-electron chi connectivity index (χ1n) is 5.31. The van der Waals surface area contributed by atoms with Crippen LogP contribution in [0.2, 0.25) is 0 Å². The zero-order chi connectivity index (χ0) is 11.3. The molecule has 0 heterocycles. The molecule has 2 N–H and O–H groups in total. The summed E-state index contributed by atoms with van der Waals surface area (Å²) in [6.07, 6.45) is 0.594. The molecule has 2 atom stereocenters. The summed E-state index contributed by atoms with van der Waals surface area (Å²) in [6.45, 7) is 4.49. The molecule has 0 saturated heterocycles. The van der Waals surface area contributed by atoms with Crippen molar-refractivity contribution < 1.29 is 9.13 Å². The van der Waals surface area contributed by atoms with E-state index in [2.05, 4.69) is 0 Å². The molecule has 2 nitrogen and oxygen atoms in total. The summed E-state index contributed by atoms with van der Waals surface area (Å²) < 4.78 is 18.6. The fourth-order valence-electron chi connectivity index (χ4n) is 1.54. The van der Waals surface area contributed by atoms with E-state index in [-0.39, 0.29) is 18.0 Å². The van der Waals surface area contributed by atoms with E-state index in [4.69, 9.17) is 10.5 Å². The summed E-state index contributed by atoms with van der Waals surface area (Å²) in [6, 6.07) is 6.34. The van der Waals surface area contributed by atoms with Crippen LogP contribution in [0.25, 0.3) is 0 Å². The predicted octanol–water partition coefficient (Wildman–Crippen LogP) is 2.64. The Labute approximate surface area is 90.2 Å². The smallest absolute Gasteiger partial charge is 0.123 e. The summed E-state index contributed by atoms with van der Waals surface area (Å²) in [5.74, 6) is -0.250. The van der Waals surface area contributed by atoms with Gasteiger partial charge in [-0.25, -0.2) is 4.39 Å². The molecular formula is C12H18FNO. The van der Waals surface area contributed by atoms with E-state index in [0.717, 1.165) is 12.0 Å². The average molecular weight is 211 g/mol. The lowest BCUT2D eigenvalue weighted by atomic mass is 10.0. The van der Waals surface area contributed by atoms with Gasteiger partial charge in [0.05, 0.1) is 6.10 Å². The summed E-state index contributed by atoms with van der Waals surface area (Å²) in [7, 11) is 0. The maximum Gasteiger partial charge on any atom is 0.123 e. The molecule has 0 aromatic heterocycles. The Morgan fingerprint density at radius 3 is 2.67 bits per heavy atom. The minimum absolute atomic E-state index is 0.0910. The lowest BCUT2D eigenvalue weighted by molar-refractivity contribution is 0.0422. The van der Waals surface area contributed by atoms with Crippen molar-refractivity contribution in [1.82, 2.24) is 0 Å². The molecule has 0 amide bonds. The summed E-state index contributed by atoms with van der Waals surface area (Å²) >= 11 is 0. The fraction of sp³-hybridized carbons (Fsp3) is 0.500. The first-order valence-corrected chi connectivity index (χ1v) is 5.31. The molecule has 1 aromatic rings. The SMILES string of the molecule is CCOC(c1cccc(F)c1)C(N)CC. The highest BCUT2D eigenvalue weighted by atomic mass is 19.1. The highest BCUT2D eigenvalue weighted by Gasteiger charge is 2.18. The van der Waals surface area contributed by atoms with Gasteiger partial charge in [-0.2, -0.15) is 0 Å². The van der Waals surface area contributed by atoms with E-state index < -0.39 is 0 Å². The van der Waals surface area contributed by atoms with Crippen LogP contribution < -0.4 is 5.73 Å². The number of hydrogen-bond donors (Lipinski definition) is 1. The second-order valence-electron chi connectivity index (χ2n) is 3.50. The molecule has 0 fully saturated rings. The van der Waals surface area contributed by atoms with Gasteiger partial charge >= 0.3 is 0 Å². The summed E-state index contributed by atoms with van der Waals surface area (Å²) in [4.78, 5) is 0. The van der Waals surface area contributed by atoms with Gasteiger partial charge in [-0.1, -0.05) is 19.1 Å². The molecule has 1 rings (SSSR count). The molecular weight excluding hydrogens is 193 g/mol. The molecule has 3 heteroatoms. The van der Waals surface area contributed by atoms with Crippen molar-refractivity contribution in [3.8, 4) is 0 Å². The van der Waals surface area contributed by atoms with Gasteiger partial charge in [0.25, 0.3) is 0 Å². The predicted molar refractivity (Wildman–Crippen MR) is 59.0 cm³/mol. The second kappa shape index (κ2) is 5.83. The standard InChI is InChI=1S/C12H18FNO/c1-3-11(14)12(15-4-2)9-6-5-7-10(13)8-9/h5-8,11-12H,3-4,14H2,1-2H3. The molecule has 84 valence electrons. The molecule has 0 spiro atoms. The maximum absolute atomic E-state index is 13.0. The van der Waals surface area contributed by atoms with Gasteiger partial charge in [0, 0.05) is 12.6 Å². The highest BCUT2D eigenvalue weighted by molar-refractivity contribution is 5.20. The molecule has 0 aliphatic rings. The Hall–Kier alpha value is -0.930. The Morgan fingerprint density at radius 1 is 1.40 bits per heavy atom. The van der Waals surface area contributed by atoms with Crippen LogP contribution in [0.3, 0.4) is 0 Å². The Kier molecular flexibility index (Phi) is 4.72. The Balaban J connectivity index is 2.88. The Bertz CT molecular complexity index is 303. The molecule has 15 heavy (non-hydrogen) atoms. The zero-order valence-corrected chi connectivity index (χ0v) is 9.24. The van der Waals surface area contributed by atoms with Crippen LogP contribution in [0.4, 0.5) is 4.39 Å². The molecule has 0 radical (unpaired) electrons. The molecule has 1 aromatic carbocycles. The number of ether oxygens (including phenoxy) is 1. The number of hydrogen-bond acceptors (Lipinski definition) is 2.